The van der Waals surface area contributed by atoms with Crippen LogP contribution < -0.4 is 0 Å². The summed E-state index contributed by atoms with van der Waals surface area (Å²) in [6, 6.07) is 0. The van der Waals surface area contributed by atoms with Crippen molar-refractivity contribution in [1.29, 1.82) is 0 Å². The lowest BCUT2D eigenvalue weighted by Crippen LogP contribution is -1.88. The van der Waals surface area contributed by atoms with E-state index in [9.17, 15) is 4.79 Å². The maximum absolute atomic E-state index is 10.7. The third kappa shape index (κ3) is 15.1. The zero-order valence-corrected chi connectivity index (χ0v) is 12.3. The van der Waals surface area contributed by atoms with Crippen LogP contribution in [0, 0.1) is 0 Å². The highest BCUT2D eigenvalue weighted by molar-refractivity contribution is 5.75. The van der Waals surface area contributed by atoms with Gasteiger partial charge >= 0.3 is 0 Å². The fourth-order valence-corrected chi connectivity index (χ4v) is 1.80. The lowest BCUT2D eigenvalue weighted by molar-refractivity contribution is -0.117. The molecule has 18 heavy (non-hydrogen) atoms. The highest BCUT2D eigenvalue weighted by atomic mass is 16.1. The Hall–Kier alpha value is -0.850. The average Bonchev–Trinajstić information content (AvgIpc) is 2.34. The second-order valence-corrected chi connectivity index (χ2v) is 4.96. The molecule has 0 aliphatic heterocycles. The van der Waals surface area contributed by atoms with Crippen molar-refractivity contribution in [2.75, 3.05) is 0 Å². The van der Waals surface area contributed by atoms with Gasteiger partial charge in [0.15, 0.2) is 0 Å². The molecule has 0 aromatic rings. The molecule has 0 N–H and O–H groups in total. The third-order valence-electron chi connectivity index (χ3n) is 2.93. The van der Waals surface area contributed by atoms with Gasteiger partial charge < -0.3 is 4.79 Å². The van der Waals surface area contributed by atoms with Crippen LogP contribution >= 0.6 is 0 Å². The van der Waals surface area contributed by atoms with Gasteiger partial charge in [0.05, 0.1) is 0 Å². The predicted molar refractivity (Wildman–Crippen MR) is 80.8 cm³/mol. The van der Waals surface area contributed by atoms with Crippen molar-refractivity contribution in [3.8, 4) is 0 Å². The van der Waals surface area contributed by atoms with Crippen molar-refractivity contribution in [3.63, 3.8) is 0 Å². The number of Topliss-reactive ketones (excluding diaryl/α,β-unsaturated/α-hetero) is 1. The number of hydrogen-bond acceptors (Lipinski definition) is 1. The number of allylic oxidation sites excluding steroid dienone is 4. The molecule has 0 aromatic heterocycles. The minimum atomic E-state index is 0.315. The molecule has 0 unspecified atom stereocenters. The van der Waals surface area contributed by atoms with Crippen molar-refractivity contribution in [3.05, 3.63) is 24.3 Å². The average molecular weight is 250 g/mol. The molecule has 0 fully saturated rings. The van der Waals surface area contributed by atoms with E-state index in [2.05, 4.69) is 31.2 Å². The summed E-state index contributed by atoms with van der Waals surface area (Å²) in [5.74, 6) is 0.315. The Bertz CT molecular complexity index is 238. The van der Waals surface area contributed by atoms with Crippen molar-refractivity contribution in [2.24, 2.45) is 0 Å². The number of unbranched alkanes of at least 4 members (excludes halogenated alkanes) is 6. The minimum Gasteiger partial charge on any atom is -0.300 e. The molecular formula is C17H30O. The lowest BCUT2D eigenvalue weighted by Gasteiger charge is -1.95. The monoisotopic (exact) mass is 250 g/mol. The smallest absolute Gasteiger partial charge is 0.129 e. The van der Waals surface area contributed by atoms with Crippen LogP contribution in [0.3, 0.4) is 0 Å². The number of hydrogen-bond donors (Lipinski definition) is 0. The van der Waals surface area contributed by atoms with Gasteiger partial charge in [0.1, 0.15) is 5.78 Å². The molecular weight excluding hydrogens is 220 g/mol. The van der Waals surface area contributed by atoms with Crippen LogP contribution in [-0.2, 0) is 4.79 Å². The van der Waals surface area contributed by atoms with Crippen molar-refractivity contribution < 1.29 is 4.79 Å². The molecule has 0 aliphatic carbocycles. The van der Waals surface area contributed by atoms with E-state index in [1.165, 1.54) is 38.5 Å². The first-order valence-electron chi connectivity index (χ1n) is 7.56. The summed E-state index contributed by atoms with van der Waals surface area (Å²) >= 11 is 0. The molecule has 0 saturated carbocycles. The van der Waals surface area contributed by atoms with Crippen LogP contribution in [0.2, 0.25) is 0 Å². The highest BCUT2D eigenvalue weighted by Gasteiger charge is 1.91. The van der Waals surface area contributed by atoms with Crippen LogP contribution in [0.25, 0.3) is 0 Å². The quantitative estimate of drug-likeness (QED) is 0.325. The maximum atomic E-state index is 10.7. The van der Waals surface area contributed by atoms with Crippen LogP contribution in [0.15, 0.2) is 24.3 Å². The van der Waals surface area contributed by atoms with Crippen molar-refractivity contribution in [1.82, 2.24) is 0 Å². The van der Waals surface area contributed by atoms with E-state index in [-0.39, 0.29) is 0 Å². The molecule has 0 aliphatic rings. The summed E-state index contributed by atoms with van der Waals surface area (Å²) in [5, 5.41) is 0. The van der Waals surface area contributed by atoms with Crippen LogP contribution in [-0.4, -0.2) is 5.78 Å². The zero-order chi connectivity index (χ0) is 13.5. The Morgan fingerprint density at radius 3 is 1.67 bits per heavy atom. The van der Waals surface area contributed by atoms with E-state index in [1.54, 1.807) is 6.92 Å². The summed E-state index contributed by atoms with van der Waals surface area (Å²) in [7, 11) is 0. The fraction of sp³-hybridized carbons (Fsp3) is 0.706. The van der Waals surface area contributed by atoms with Crippen LogP contribution in [0.5, 0.6) is 0 Å². The van der Waals surface area contributed by atoms with E-state index >= 15 is 0 Å². The molecule has 1 heteroatoms. The Morgan fingerprint density at radius 2 is 1.22 bits per heavy atom. The molecule has 0 radical (unpaired) electrons. The third-order valence-corrected chi connectivity index (χ3v) is 2.93. The summed E-state index contributed by atoms with van der Waals surface area (Å²) in [5.41, 5.74) is 0. The molecule has 0 saturated heterocycles. The van der Waals surface area contributed by atoms with Gasteiger partial charge in [-0.1, -0.05) is 37.6 Å². The van der Waals surface area contributed by atoms with Gasteiger partial charge in [0, 0.05) is 6.42 Å². The summed E-state index contributed by atoms with van der Waals surface area (Å²) in [6.07, 6.45) is 20.7. The Kier molecular flexibility index (Phi) is 13.5. The van der Waals surface area contributed by atoms with Gasteiger partial charge in [-0.25, -0.2) is 0 Å². The minimum absolute atomic E-state index is 0.315. The molecule has 0 atom stereocenters. The van der Waals surface area contributed by atoms with E-state index in [0.29, 0.717) is 5.78 Å². The van der Waals surface area contributed by atoms with Gasteiger partial charge in [0.25, 0.3) is 0 Å². The molecule has 104 valence electrons. The number of ketones is 1. The topological polar surface area (TPSA) is 17.1 Å². The standard InChI is InChI=1S/C17H30O/c1-3-4-5-6-7-8-9-10-11-12-13-14-15-16-17(2)18/h5-6,11-12H,3-4,7-10,13-16H2,1-2H3/b6-5-,12-11-. The van der Waals surface area contributed by atoms with Gasteiger partial charge in [-0.05, 0) is 58.3 Å². The van der Waals surface area contributed by atoms with Gasteiger partial charge in [0.2, 0.25) is 0 Å². The molecule has 0 bridgehead atoms. The predicted octanol–water partition coefficient (Wildman–Crippen LogP) is 5.61. The first kappa shape index (κ1) is 17.2. The fourth-order valence-electron chi connectivity index (χ4n) is 1.80. The van der Waals surface area contributed by atoms with Gasteiger partial charge in [-0.15, -0.1) is 0 Å². The lowest BCUT2D eigenvalue weighted by atomic mass is 10.1. The van der Waals surface area contributed by atoms with E-state index in [4.69, 9.17) is 0 Å². The molecule has 0 aromatic carbocycles. The van der Waals surface area contributed by atoms with Crippen LogP contribution in [0.4, 0.5) is 0 Å². The van der Waals surface area contributed by atoms with E-state index in [0.717, 1.165) is 25.7 Å². The first-order valence-corrected chi connectivity index (χ1v) is 7.56. The molecule has 0 spiro atoms. The van der Waals surface area contributed by atoms with Gasteiger partial charge in [-0.3, -0.25) is 0 Å². The van der Waals surface area contributed by atoms with E-state index < -0.39 is 0 Å². The largest absolute Gasteiger partial charge is 0.300 e. The SMILES string of the molecule is CCC/C=C\CCCC/C=C\CCCCC(C)=O. The number of rotatable bonds is 12. The van der Waals surface area contributed by atoms with Crippen molar-refractivity contribution in [2.45, 2.75) is 78.1 Å². The molecule has 0 amide bonds. The van der Waals surface area contributed by atoms with E-state index in [1.807, 2.05) is 0 Å². The summed E-state index contributed by atoms with van der Waals surface area (Å²) < 4.78 is 0. The number of carbonyl (C=O) groups is 1. The second-order valence-electron chi connectivity index (χ2n) is 4.96. The Labute approximate surface area is 113 Å². The molecule has 0 rings (SSSR count). The highest BCUT2D eigenvalue weighted by Crippen LogP contribution is 2.05. The zero-order valence-electron chi connectivity index (χ0n) is 12.3. The molecule has 0 heterocycles. The van der Waals surface area contributed by atoms with Crippen LogP contribution in [0.1, 0.15) is 78.1 Å². The van der Waals surface area contributed by atoms with Crippen molar-refractivity contribution >= 4 is 5.78 Å². The summed E-state index contributed by atoms with van der Waals surface area (Å²) in [6.45, 7) is 3.89. The first-order chi connectivity index (χ1) is 8.77. The Morgan fingerprint density at radius 1 is 0.778 bits per heavy atom. The van der Waals surface area contributed by atoms with Gasteiger partial charge in [-0.2, -0.15) is 0 Å². The normalized spacial score (nSPS) is 11.7. The molecule has 1 nitrogen and oxygen atoms in total. The summed E-state index contributed by atoms with van der Waals surface area (Å²) in [4.78, 5) is 10.7. The second kappa shape index (κ2) is 14.2. The number of carbonyl (C=O) groups excluding carboxylic acids is 1. The Balaban J connectivity index is 3.16. The maximum Gasteiger partial charge on any atom is 0.129 e.